The minimum atomic E-state index is -0.787. The summed E-state index contributed by atoms with van der Waals surface area (Å²) < 4.78 is 0. The van der Waals surface area contributed by atoms with Crippen LogP contribution in [0.15, 0.2) is 0 Å². The molecule has 2 amide bonds. The maximum absolute atomic E-state index is 12.5. The Morgan fingerprint density at radius 1 is 1.16 bits per heavy atom. The number of hydrogen-bond donors (Lipinski definition) is 0. The second kappa shape index (κ2) is 5.20. The van der Waals surface area contributed by atoms with Gasteiger partial charge in [0.25, 0.3) is 0 Å². The molecule has 2 aliphatic rings. The van der Waals surface area contributed by atoms with Crippen LogP contribution in [0.1, 0.15) is 33.1 Å². The molecule has 1 saturated carbocycles. The van der Waals surface area contributed by atoms with Crippen molar-refractivity contribution >= 4 is 11.8 Å². The third kappa shape index (κ3) is 2.58. The van der Waals surface area contributed by atoms with Gasteiger partial charge in [0.2, 0.25) is 11.8 Å². The van der Waals surface area contributed by atoms with Crippen molar-refractivity contribution in [3.63, 3.8) is 0 Å². The van der Waals surface area contributed by atoms with E-state index in [0.29, 0.717) is 44.9 Å². The summed E-state index contributed by atoms with van der Waals surface area (Å²) in [6.07, 6.45) is 2.15. The van der Waals surface area contributed by atoms with Crippen LogP contribution in [-0.4, -0.2) is 47.8 Å². The van der Waals surface area contributed by atoms with Crippen molar-refractivity contribution in [2.45, 2.75) is 33.1 Å². The standard InChI is InChI=1S/C14H21N3O2/c1-11-8-14(9-11,10-15)13(19)17-5-3-4-16(6-7-17)12(2)18/h11H,3-9H2,1-2H3. The monoisotopic (exact) mass is 263 g/mol. The fourth-order valence-corrected chi connectivity index (χ4v) is 3.18. The first kappa shape index (κ1) is 13.9. The molecule has 2 rings (SSSR count). The highest BCUT2D eigenvalue weighted by atomic mass is 16.2. The van der Waals surface area contributed by atoms with Crippen molar-refractivity contribution in [2.75, 3.05) is 26.2 Å². The first-order chi connectivity index (χ1) is 8.98. The Morgan fingerprint density at radius 3 is 2.26 bits per heavy atom. The lowest BCUT2D eigenvalue weighted by molar-refractivity contribution is -0.145. The molecule has 2 fully saturated rings. The third-order valence-corrected chi connectivity index (χ3v) is 4.25. The summed E-state index contributed by atoms with van der Waals surface area (Å²) in [7, 11) is 0. The summed E-state index contributed by atoms with van der Waals surface area (Å²) >= 11 is 0. The van der Waals surface area contributed by atoms with Crippen LogP contribution in [-0.2, 0) is 9.59 Å². The molecule has 5 heteroatoms. The SMILES string of the molecule is CC(=O)N1CCCN(C(=O)C2(C#N)CC(C)C2)CC1. The molecule has 19 heavy (non-hydrogen) atoms. The van der Waals surface area contributed by atoms with E-state index in [2.05, 4.69) is 13.0 Å². The minimum Gasteiger partial charge on any atom is -0.341 e. The summed E-state index contributed by atoms with van der Waals surface area (Å²) in [4.78, 5) is 27.4. The van der Waals surface area contributed by atoms with Crippen molar-refractivity contribution in [1.29, 1.82) is 5.26 Å². The molecule has 1 heterocycles. The molecule has 0 N–H and O–H groups in total. The molecule has 104 valence electrons. The summed E-state index contributed by atoms with van der Waals surface area (Å²) in [6, 6.07) is 2.23. The van der Waals surface area contributed by atoms with Crippen molar-refractivity contribution in [3.8, 4) is 6.07 Å². The van der Waals surface area contributed by atoms with Crippen LogP contribution in [0.5, 0.6) is 0 Å². The van der Waals surface area contributed by atoms with E-state index in [-0.39, 0.29) is 11.8 Å². The number of amides is 2. The van der Waals surface area contributed by atoms with Gasteiger partial charge in [-0.25, -0.2) is 0 Å². The average Bonchev–Trinajstić information content (AvgIpc) is 2.59. The number of carbonyl (C=O) groups excluding carboxylic acids is 2. The van der Waals surface area contributed by atoms with Crippen molar-refractivity contribution in [2.24, 2.45) is 11.3 Å². The molecular formula is C14H21N3O2. The van der Waals surface area contributed by atoms with Crippen LogP contribution in [0, 0.1) is 22.7 Å². The summed E-state index contributed by atoms with van der Waals surface area (Å²) in [5, 5.41) is 9.30. The molecule has 0 bridgehead atoms. The Balaban J connectivity index is 2.01. The van der Waals surface area contributed by atoms with E-state index in [1.807, 2.05) is 0 Å². The molecule has 0 atom stereocenters. The molecule has 0 aromatic rings. The second-order valence-corrected chi connectivity index (χ2v) is 5.86. The predicted octanol–water partition coefficient (Wildman–Crippen LogP) is 1.01. The molecule has 0 aromatic carbocycles. The van der Waals surface area contributed by atoms with Gasteiger partial charge >= 0.3 is 0 Å². The lowest BCUT2D eigenvalue weighted by Crippen LogP contribution is -2.51. The average molecular weight is 263 g/mol. The van der Waals surface area contributed by atoms with Crippen molar-refractivity contribution < 1.29 is 9.59 Å². The highest BCUT2D eigenvalue weighted by Crippen LogP contribution is 2.46. The Morgan fingerprint density at radius 2 is 1.74 bits per heavy atom. The zero-order valence-electron chi connectivity index (χ0n) is 11.7. The Kier molecular flexibility index (Phi) is 3.79. The van der Waals surface area contributed by atoms with Gasteiger partial charge < -0.3 is 9.80 Å². The molecule has 1 saturated heterocycles. The molecule has 0 aromatic heterocycles. The highest BCUT2D eigenvalue weighted by Gasteiger charge is 2.50. The summed E-state index contributed by atoms with van der Waals surface area (Å²) in [6.45, 7) is 6.12. The number of carbonyl (C=O) groups is 2. The second-order valence-electron chi connectivity index (χ2n) is 5.86. The van der Waals surface area contributed by atoms with Gasteiger partial charge in [0.1, 0.15) is 5.41 Å². The van der Waals surface area contributed by atoms with Crippen LogP contribution in [0.3, 0.4) is 0 Å². The fraction of sp³-hybridized carbons (Fsp3) is 0.786. The smallest absolute Gasteiger partial charge is 0.243 e. The quantitative estimate of drug-likeness (QED) is 0.709. The zero-order valence-corrected chi connectivity index (χ0v) is 11.7. The van der Waals surface area contributed by atoms with E-state index in [4.69, 9.17) is 0 Å². The van der Waals surface area contributed by atoms with E-state index >= 15 is 0 Å². The van der Waals surface area contributed by atoms with E-state index in [1.165, 1.54) is 0 Å². The minimum absolute atomic E-state index is 0.0292. The van der Waals surface area contributed by atoms with Gasteiger partial charge in [0.05, 0.1) is 6.07 Å². The van der Waals surface area contributed by atoms with E-state index < -0.39 is 5.41 Å². The number of hydrogen-bond acceptors (Lipinski definition) is 3. The number of rotatable bonds is 1. The van der Waals surface area contributed by atoms with Gasteiger partial charge in [-0.2, -0.15) is 5.26 Å². The Hall–Kier alpha value is -1.57. The van der Waals surface area contributed by atoms with Crippen LogP contribution in [0.4, 0.5) is 0 Å². The normalized spacial score (nSPS) is 31.1. The Bertz CT molecular complexity index is 421. The van der Waals surface area contributed by atoms with Crippen LogP contribution in [0.25, 0.3) is 0 Å². The molecular weight excluding hydrogens is 242 g/mol. The van der Waals surface area contributed by atoms with Gasteiger partial charge in [-0.1, -0.05) is 6.92 Å². The third-order valence-electron chi connectivity index (χ3n) is 4.25. The van der Waals surface area contributed by atoms with Gasteiger partial charge in [-0.3, -0.25) is 9.59 Å². The molecule has 0 spiro atoms. The molecule has 1 aliphatic carbocycles. The largest absolute Gasteiger partial charge is 0.341 e. The molecule has 5 nitrogen and oxygen atoms in total. The van der Waals surface area contributed by atoms with Gasteiger partial charge in [0, 0.05) is 33.1 Å². The highest BCUT2D eigenvalue weighted by molar-refractivity contribution is 5.86. The lowest BCUT2D eigenvalue weighted by Gasteiger charge is -2.42. The van der Waals surface area contributed by atoms with Gasteiger partial charge in [-0.15, -0.1) is 0 Å². The topological polar surface area (TPSA) is 64.4 Å². The van der Waals surface area contributed by atoms with Gasteiger partial charge in [-0.05, 0) is 25.2 Å². The van der Waals surface area contributed by atoms with Crippen molar-refractivity contribution in [1.82, 2.24) is 9.80 Å². The van der Waals surface area contributed by atoms with Crippen LogP contribution < -0.4 is 0 Å². The fourth-order valence-electron chi connectivity index (χ4n) is 3.18. The lowest BCUT2D eigenvalue weighted by atomic mass is 9.62. The molecule has 0 unspecified atom stereocenters. The van der Waals surface area contributed by atoms with Crippen LogP contribution in [0.2, 0.25) is 0 Å². The maximum atomic E-state index is 12.5. The first-order valence-electron chi connectivity index (χ1n) is 6.94. The van der Waals surface area contributed by atoms with Crippen molar-refractivity contribution in [3.05, 3.63) is 0 Å². The maximum Gasteiger partial charge on any atom is 0.243 e. The van der Waals surface area contributed by atoms with Crippen LogP contribution >= 0.6 is 0 Å². The first-order valence-corrected chi connectivity index (χ1v) is 6.94. The summed E-state index contributed by atoms with van der Waals surface area (Å²) in [5.41, 5.74) is -0.787. The summed E-state index contributed by atoms with van der Waals surface area (Å²) in [5.74, 6) is 0.490. The van der Waals surface area contributed by atoms with E-state index in [9.17, 15) is 14.9 Å². The van der Waals surface area contributed by atoms with E-state index in [0.717, 1.165) is 6.42 Å². The molecule has 0 radical (unpaired) electrons. The molecule has 1 aliphatic heterocycles. The van der Waals surface area contributed by atoms with E-state index in [1.54, 1.807) is 16.7 Å². The number of nitrogens with zero attached hydrogens (tertiary/aromatic N) is 3. The Labute approximate surface area is 114 Å². The zero-order chi connectivity index (χ0) is 14.0. The predicted molar refractivity (Wildman–Crippen MR) is 69.9 cm³/mol. The number of nitriles is 1. The van der Waals surface area contributed by atoms with Gasteiger partial charge in [0.15, 0.2) is 0 Å².